The predicted molar refractivity (Wildman–Crippen MR) is 490 cm³/mol. The lowest BCUT2D eigenvalue weighted by atomic mass is 9.94. The fourth-order valence-corrected chi connectivity index (χ4v) is 18.2. The van der Waals surface area contributed by atoms with Crippen LogP contribution in [-0.2, 0) is 84.1 Å². The number of halogens is 3. The Kier molecular flexibility index (Phi) is 30.1. The predicted octanol–water partition coefficient (Wildman–Crippen LogP) is 9.46. The molecule has 10 aromatic rings. The minimum Gasteiger partial charge on any atom is -0.481 e. The van der Waals surface area contributed by atoms with Gasteiger partial charge in [-0.05, 0) is 201 Å². The number of piperidine rings is 2. The summed E-state index contributed by atoms with van der Waals surface area (Å²) in [6.45, 7) is 1.82. The number of aryl methyl sites for hydroxylation is 2. The highest BCUT2D eigenvalue weighted by Crippen LogP contribution is 2.39. The van der Waals surface area contributed by atoms with Crippen LogP contribution in [-0.4, -0.2) is 170 Å². The number of carbonyl (C=O) groups excluding carboxylic acids is 13. The van der Waals surface area contributed by atoms with E-state index in [9.17, 15) is 88.3 Å². The summed E-state index contributed by atoms with van der Waals surface area (Å²) in [5.41, 5.74) is 26.9. The van der Waals surface area contributed by atoms with Gasteiger partial charge in [0.15, 0.2) is 0 Å². The summed E-state index contributed by atoms with van der Waals surface area (Å²) in [5, 5.41) is 27.0. The number of alkyl halides is 1. The average Bonchev–Trinajstić information content (AvgIpc) is 1.60. The molecule has 0 aliphatic carbocycles. The van der Waals surface area contributed by atoms with Crippen molar-refractivity contribution in [3.05, 3.63) is 250 Å². The number of fused-ring (bicyclic) bond motifs is 4. The van der Waals surface area contributed by atoms with E-state index in [0.29, 0.717) is 120 Å². The highest BCUT2D eigenvalue weighted by Gasteiger charge is 2.47. The van der Waals surface area contributed by atoms with E-state index in [1.807, 2.05) is 12.1 Å². The molecule has 2 fully saturated rings. The van der Waals surface area contributed by atoms with Crippen molar-refractivity contribution >= 4 is 137 Å². The van der Waals surface area contributed by atoms with E-state index in [2.05, 4.69) is 56.6 Å². The standard InChI is InChI=1S/C47H43FN8O9S.C31H31FN6O4S.C16H14N2O6.CH3F/c48-37-24-32(12-14-33(37)29-22-36(43(49)52-25-29)27-10-13-34-28(21-27)18-20-51-44(34)60)66(64,65)55-31-7-4-6-30(23-31)53-40(58)9-1-2-19-50-39(57)16-11-26-5-3-8-35-42(26)47(63)56(46(35)62)38-15-17-41(59)54-45(38)61;32-28-17-24(43(41,42)38-23-5-3-4-22(16-23)37-29(39)6-1-2-12-33)8-10-25(28)21-15-27(30(34)36-18-21)19-7-9-26-20(14-19)11-13-35-31(26)40;19-11-6-5-10(14(22)17-11)18-15(23)9-3-1-2-8(4-7-12(20)21)13(9)16(18)24;1-2/h3-8,10,12-14,21-25,38,55H,1-2,9,11,15-20H2,(H2,49,52)(H,50,57)(H,51,60)(H,53,58)(H,54,59,61);3-5,7-10,14-18,38H,1-2,6,11-13,33H2,(H2,34,36)(H,35,40)(H,37,39);1-3,10H,4-7H2,(H,20,21)(H,17,19,22);1H3/i;;;1D. The molecule has 698 valence electrons. The number of aromatic nitrogens is 2. The molecule has 2 atom stereocenters. The summed E-state index contributed by atoms with van der Waals surface area (Å²) in [7, 11) is -9.43. The fraction of sp³-hybridized carbons (Fsp3) is 0.242. The van der Waals surface area contributed by atoms with Crippen molar-refractivity contribution < 1.29 is 104 Å². The van der Waals surface area contributed by atoms with E-state index in [0.717, 1.165) is 45.0 Å². The van der Waals surface area contributed by atoms with Gasteiger partial charge in [0.05, 0.1) is 51.9 Å². The van der Waals surface area contributed by atoms with Gasteiger partial charge in [0.2, 0.25) is 41.4 Å². The maximum atomic E-state index is 15.6. The number of nitrogens with one attached hydrogen (secondary N) is 9. The molecule has 0 bridgehead atoms. The van der Waals surface area contributed by atoms with Crippen molar-refractivity contribution in [3.63, 3.8) is 0 Å². The molecular weight excluding hydrogens is 1790 g/mol. The Bertz CT molecular complexity index is 6770. The number of hydrogen-bond acceptors (Lipinski definition) is 23. The van der Waals surface area contributed by atoms with Gasteiger partial charge >= 0.3 is 5.97 Å². The van der Waals surface area contributed by atoms with Crippen molar-refractivity contribution in [2.75, 3.05) is 64.9 Å². The third-order valence-electron chi connectivity index (χ3n) is 22.8. The molecule has 2 aromatic heterocycles. The van der Waals surface area contributed by atoms with Gasteiger partial charge in [-0.25, -0.2) is 35.6 Å². The van der Waals surface area contributed by atoms with Crippen LogP contribution in [0, 0.1) is 11.6 Å². The number of hydrogen-bond donors (Lipinski definition) is 13. The first-order chi connectivity index (χ1) is 65.1. The Hall–Kier alpha value is -15.7. The second-order valence-electron chi connectivity index (χ2n) is 31.8. The van der Waals surface area contributed by atoms with E-state index < -0.39 is 104 Å². The van der Waals surface area contributed by atoms with Crippen LogP contribution < -0.4 is 63.9 Å². The van der Waals surface area contributed by atoms with Gasteiger partial charge in [0.25, 0.3) is 55.5 Å². The molecule has 0 radical (unpaired) electrons. The summed E-state index contributed by atoms with van der Waals surface area (Å²) >= 11 is 0. The summed E-state index contributed by atoms with van der Waals surface area (Å²) in [5.74, 6) is -8.05. The minimum atomic E-state index is -4.27. The van der Waals surface area contributed by atoms with Gasteiger partial charge in [0.1, 0.15) is 35.4 Å². The second kappa shape index (κ2) is 42.7. The molecule has 16 N–H and O–H groups in total. The maximum absolute atomic E-state index is 15.6. The number of nitrogens with zero attached hydrogens (tertiary/aromatic N) is 4. The summed E-state index contributed by atoms with van der Waals surface area (Å²) in [6, 6.07) is 40.7. The first kappa shape index (κ1) is 95.4. The van der Waals surface area contributed by atoms with Gasteiger partial charge < -0.3 is 48.9 Å². The van der Waals surface area contributed by atoms with Gasteiger partial charge in [-0.2, -0.15) is 0 Å². The molecule has 135 heavy (non-hydrogen) atoms. The molecule has 13 amide bonds. The third kappa shape index (κ3) is 22.7. The topological polar surface area (TPSA) is 546 Å². The largest absolute Gasteiger partial charge is 0.481 e. The Morgan fingerprint density at radius 3 is 1.30 bits per heavy atom. The quantitative estimate of drug-likeness (QED) is 0.0153. The zero-order valence-corrected chi connectivity index (χ0v) is 73.7. The number of sulfonamides is 2. The Morgan fingerprint density at radius 1 is 0.467 bits per heavy atom. The van der Waals surface area contributed by atoms with Crippen molar-refractivity contribution in [2.45, 2.75) is 125 Å². The average molecular weight is 1880 g/mol. The van der Waals surface area contributed by atoms with Crippen LogP contribution in [0.15, 0.2) is 192 Å². The highest BCUT2D eigenvalue weighted by atomic mass is 32.2. The number of amides is 13. The number of benzene rings is 8. The van der Waals surface area contributed by atoms with Crippen LogP contribution in [0.1, 0.15) is 163 Å². The lowest BCUT2D eigenvalue weighted by Gasteiger charge is -2.27. The van der Waals surface area contributed by atoms with Crippen molar-refractivity contribution in [1.29, 1.82) is 0 Å². The molecule has 6 aliphatic rings. The number of carbonyl (C=O) groups is 14. The number of aliphatic carboxylic acids is 1. The van der Waals surface area contributed by atoms with Crippen LogP contribution in [0.2, 0.25) is 0 Å². The number of carboxylic acid groups (broad SMARTS) is 1. The van der Waals surface area contributed by atoms with Crippen LogP contribution >= 0.6 is 0 Å². The normalized spacial score (nSPS) is 15.5. The summed E-state index contributed by atoms with van der Waals surface area (Å²) in [4.78, 5) is 181. The number of imide groups is 4. The van der Waals surface area contributed by atoms with E-state index in [4.69, 9.17) is 23.7 Å². The van der Waals surface area contributed by atoms with Crippen molar-refractivity contribution in [2.24, 2.45) is 5.73 Å². The second-order valence-corrected chi connectivity index (χ2v) is 35.2. The lowest BCUT2D eigenvalue weighted by Crippen LogP contribution is -2.54. The number of rotatable bonds is 29. The smallest absolute Gasteiger partial charge is 0.303 e. The molecule has 8 aromatic carbocycles. The molecule has 0 saturated carbocycles. The monoisotopic (exact) mass is 1880 g/mol. The molecule has 2 saturated heterocycles. The van der Waals surface area contributed by atoms with Crippen LogP contribution in [0.5, 0.6) is 0 Å². The zero-order valence-electron chi connectivity index (χ0n) is 73.1. The maximum Gasteiger partial charge on any atom is 0.303 e. The van der Waals surface area contributed by atoms with Gasteiger partial charge in [-0.1, -0.05) is 72.8 Å². The third-order valence-corrected chi connectivity index (χ3v) is 25.5. The number of nitrogens with two attached hydrogens (primary N) is 3. The van der Waals surface area contributed by atoms with E-state index in [-0.39, 0.29) is 160 Å². The van der Waals surface area contributed by atoms with Gasteiger partial charge in [0, 0.05) is 126 Å². The molecule has 16 rings (SSSR count). The van der Waals surface area contributed by atoms with Crippen LogP contribution in [0.25, 0.3) is 44.5 Å². The van der Waals surface area contributed by atoms with Crippen LogP contribution in [0.4, 0.5) is 47.6 Å². The molecule has 35 nitrogen and oxygen atoms in total. The number of anilines is 6. The lowest BCUT2D eigenvalue weighted by molar-refractivity contribution is -0.137. The Morgan fingerprint density at radius 2 is 0.881 bits per heavy atom. The van der Waals surface area contributed by atoms with Crippen molar-refractivity contribution in [1.82, 2.24) is 46.4 Å². The summed E-state index contributed by atoms with van der Waals surface area (Å²) < 4.78 is 104. The first-order valence-electron chi connectivity index (χ1n) is 43.3. The molecule has 40 heteroatoms. The molecular formula is C95H91F3N16O19S2. The van der Waals surface area contributed by atoms with E-state index in [1.54, 1.807) is 84.9 Å². The number of carboxylic acids is 1. The number of unbranched alkanes of at least 4 members (excludes halogenated alkanes) is 2. The minimum absolute atomic E-state index is 0.00238. The zero-order chi connectivity index (χ0) is 97.4. The molecule has 8 heterocycles. The molecule has 0 spiro atoms. The Balaban J connectivity index is 0.000000190. The van der Waals surface area contributed by atoms with Gasteiger partial charge in [-0.15, -0.1) is 0 Å². The van der Waals surface area contributed by atoms with Crippen LogP contribution in [0.3, 0.4) is 0 Å². The highest BCUT2D eigenvalue weighted by molar-refractivity contribution is 7.93. The van der Waals surface area contributed by atoms with E-state index >= 15 is 8.78 Å². The Labute approximate surface area is 772 Å². The fourth-order valence-electron chi connectivity index (χ4n) is 16.1. The number of pyridine rings is 2. The SMILES string of the molecule is NCCCCC(=O)Nc1cccc(NS(=O)(=O)c2ccc(-c3cnc(N)c(-c4ccc5c(c4)CCNC5=O)c3)c(F)c2)c1.Nc1ncc(-c2ccc(S(=O)(=O)Nc3cccc(NC(=O)CCCCNC(=O)CCc4cccc5c4C(=O)N(C4CCC(=O)NC4=O)C5=O)c3)cc2F)cc1-c1ccc2c(c1)CCNC2=O.O=C(O)CCc1cccc2c1C(=O)N(C1CCC(=O)NC1=O)C2=O.[2H]CF. The first-order valence-corrected chi connectivity index (χ1v) is 45.6. The van der Waals surface area contributed by atoms with E-state index in [1.165, 1.54) is 73.1 Å². The van der Waals surface area contributed by atoms with Crippen molar-refractivity contribution in [3.8, 4) is 44.5 Å². The molecule has 2 unspecified atom stereocenters. The number of nitrogen functional groups attached to an aromatic ring is 2. The molecule has 6 aliphatic heterocycles. The van der Waals surface area contributed by atoms with Gasteiger partial charge in [-0.3, -0.25) is 101 Å². The summed E-state index contributed by atoms with van der Waals surface area (Å²) in [6.07, 6.45) is 7.09.